The van der Waals surface area contributed by atoms with Gasteiger partial charge in [-0.05, 0) is 18.1 Å². The molecule has 0 saturated heterocycles. The van der Waals surface area contributed by atoms with Crippen molar-refractivity contribution in [3.8, 4) is 0 Å². The van der Waals surface area contributed by atoms with E-state index in [2.05, 4.69) is 20.4 Å². The van der Waals surface area contributed by atoms with Gasteiger partial charge in [0.15, 0.2) is 5.82 Å². The van der Waals surface area contributed by atoms with Gasteiger partial charge in [-0.2, -0.15) is 5.10 Å². The van der Waals surface area contributed by atoms with Crippen LogP contribution < -0.4 is 5.32 Å². The molecule has 0 unspecified atom stereocenters. The van der Waals surface area contributed by atoms with E-state index in [1.807, 2.05) is 19.2 Å². The van der Waals surface area contributed by atoms with Crippen LogP contribution in [0.2, 0.25) is 0 Å². The van der Waals surface area contributed by atoms with Crippen LogP contribution in [0.25, 0.3) is 11.0 Å². The fourth-order valence-electron chi connectivity index (χ4n) is 2.76. The third-order valence-electron chi connectivity index (χ3n) is 3.94. The largest absolute Gasteiger partial charge is 0.365 e. The predicted molar refractivity (Wildman–Crippen MR) is 77.5 cm³/mol. The van der Waals surface area contributed by atoms with Gasteiger partial charge in [-0.15, -0.1) is 0 Å². The molecule has 1 fully saturated rings. The van der Waals surface area contributed by atoms with E-state index in [9.17, 15) is 4.39 Å². The quantitative estimate of drug-likeness (QED) is 0.802. The van der Waals surface area contributed by atoms with Crippen LogP contribution in [0, 0.1) is 5.82 Å². The third-order valence-corrected chi connectivity index (χ3v) is 3.94. The predicted octanol–water partition coefficient (Wildman–Crippen LogP) is 2.47. The summed E-state index contributed by atoms with van der Waals surface area (Å²) in [5.74, 6) is 0.813. The molecule has 1 aromatic carbocycles. The molecule has 0 aliphatic heterocycles. The highest BCUT2D eigenvalue weighted by Gasteiger charge is 2.40. The molecule has 1 aliphatic carbocycles. The van der Waals surface area contributed by atoms with Gasteiger partial charge < -0.3 is 5.32 Å². The topological polar surface area (TPSA) is 55.6 Å². The maximum atomic E-state index is 13.8. The Morgan fingerprint density at radius 3 is 3.00 bits per heavy atom. The van der Waals surface area contributed by atoms with E-state index >= 15 is 0 Å². The number of halogens is 1. The molecule has 2 heterocycles. The number of anilines is 1. The summed E-state index contributed by atoms with van der Waals surface area (Å²) in [6, 6.07) is 7.15. The minimum absolute atomic E-state index is 0.139. The lowest BCUT2D eigenvalue weighted by molar-refractivity contribution is 0.610. The zero-order chi connectivity index (χ0) is 14.4. The zero-order valence-corrected chi connectivity index (χ0v) is 11.5. The molecule has 4 rings (SSSR count). The van der Waals surface area contributed by atoms with Gasteiger partial charge in [-0.1, -0.05) is 18.2 Å². The van der Waals surface area contributed by atoms with Crippen LogP contribution in [0.4, 0.5) is 10.2 Å². The van der Waals surface area contributed by atoms with Gasteiger partial charge in [0.1, 0.15) is 23.2 Å². The second-order valence-corrected chi connectivity index (χ2v) is 5.34. The van der Waals surface area contributed by atoms with Crippen molar-refractivity contribution in [2.45, 2.75) is 18.4 Å². The number of rotatable bonds is 3. The monoisotopic (exact) mass is 283 g/mol. The minimum Gasteiger partial charge on any atom is -0.365 e. The Bertz CT molecular complexity index is 813. The van der Waals surface area contributed by atoms with Gasteiger partial charge in [-0.25, -0.2) is 14.4 Å². The van der Waals surface area contributed by atoms with Crippen molar-refractivity contribution >= 4 is 16.9 Å². The fraction of sp³-hybridized carbons (Fsp3) is 0.267. The Labute approximate surface area is 120 Å². The molecule has 1 aliphatic rings. The maximum Gasteiger partial charge on any atom is 0.155 e. The van der Waals surface area contributed by atoms with Crippen molar-refractivity contribution in [3.63, 3.8) is 0 Å². The Hall–Kier alpha value is -2.50. The number of hydrogen-bond donors (Lipinski definition) is 1. The number of aromatic nitrogens is 4. The average molecular weight is 283 g/mol. The summed E-state index contributed by atoms with van der Waals surface area (Å²) < 4.78 is 15.5. The van der Waals surface area contributed by atoms with Gasteiger partial charge in [0.05, 0.1) is 6.20 Å². The lowest BCUT2D eigenvalue weighted by atomic mass is 10.1. The van der Waals surface area contributed by atoms with Crippen LogP contribution in [-0.2, 0) is 7.05 Å². The normalized spacial score (nSPS) is 20.7. The first-order chi connectivity index (χ1) is 10.2. The molecule has 1 saturated carbocycles. The molecule has 0 bridgehead atoms. The molecule has 1 N–H and O–H groups in total. The van der Waals surface area contributed by atoms with Crippen molar-refractivity contribution in [1.82, 2.24) is 19.7 Å². The van der Waals surface area contributed by atoms with Gasteiger partial charge in [0, 0.05) is 19.0 Å². The van der Waals surface area contributed by atoms with Gasteiger partial charge in [0.25, 0.3) is 0 Å². The van der Waals surface area contributed by atoms with E-state index in [0.29, 0.717) is 0 Å². The molecular weight excluding hydrogens is 269 g/mol. The van der Waals surface area contributed by atoms with E-state index in [0.717, 1.165) is 28.8 Å². The Balaban J connectivity index is 1.60. The molecular formula is C15H14FN5. The lowest BCUT2D eigenvalue weighted by Crippen LogP contribution is -2.08. The Morgan fingerprint density at radius 2 is 2.14 bits per heavy atom. The summed E-state index contributed by atoms with van der Waals surface area (Å²) in [7, 11) is 1.86. The van der Waals surface area contributed by atoms with E-state index < -0.39 is 0 Å². The summed E-state index contributed by atoms with van der Waals surface area (Å²) in [6.45, 7) is 0. The summed E-state index contributed by atoms with van der Waals surface area (Å²) in [5.41, 5.74) is 2.44. The average Bonchev–Trinajstić information content (AvgIpc) is 3.14. The number of hydrogen-bond acceptors (Lipinski definition) is 4. The van der Waals surface area contributed by atoms with E-state index in [4.69, 9.17) is 0 Å². The van der Waals surface area contributed by atoms with Crippen LogP contribution in [0.3, 0.4) is 0 Å². The van der Waals surface area contributed by atoms with Crippen LogP contribution in [0.15, 0.2) is 36.8 Å². The highest BCUT2D eigenvalue weighted by atomic mass is 19.1. The summed E-state index contributed by atoms with van der Waals surface area (Å²) in [4.78, 5) is 8.48. The van der Waals surface area contributed by atoms with E-state index in [-0.39, 0.29) is 17.8 Å². The summed E-state index contributed by atoms with van der Waals surface area (Å²) in [6.07, 6.45) is 4.14. The Kier molecular flexibility index (Phi) is 2.63. The van der Waals surface area contributed by atoms with Crippen LogP contribution in [0.1, 0.15) is 17.9 Å². The van der Waals surface area contributed by atoms with Crippen molar-refractivity contribution < 1.29 is 4.39 Å². The van der Waals surface area contributed by atoms with Gasteiger partial charge in [-0.3, -0.25) is 4.68 Å². The van der Waals surface area contributed by atoms with E-state index in [1.165, 1.54) is 12.4 Å². The van der Waals surface area contributed by atoms with Crippen LogP contribution >= 0.6 is 0 Å². The first-order valence-electron chi connectivity index (χ1n) is 6.87. The highest BCUT2D eigenvalue weighted by molar-refractivity contribution is 5.85. The number of fused-ring (bicyclic) bond motifs is 1. The first-order valence-corrected chi connectivity index (χ1v) is 6.87. The number of nitrogens with one attached hydrogen (secondary N) is 1. The molecule has 0 amide bonds. The van der Waals surface area contributed by atoms with E-state index in [1.54, 1.807) is 16.9 Å². The second kappa shape index (κ2) is 4.51. The van der Waals surface area contributed by atoms with Crippen LogP contribution in [-0.4, -0.2) is 25.8 Å². The second-order valence-electron chi connectivity index (χ2n) is 5.34. The number of benzene rings is 1. The lowest BCUT2D eigenvalue weighted by Gasteiger charge is -2.07. The third kappa shape index (κ3) is 2.03. The molecule has 3 aromatic rings. The number of nitrogens with zero attached hydrogens (tertiary/aromatic N) is 4. The van der Waals surface area contributed by atoms with Crippen molar-refractivity contribution in [3.05, 3.63) is 48.2 Å². The summed E-state index contributed by atoms with van der Waals surface area (Å²) in [5, 5.41) is 7.57. The summed E-state index contributed by atoms with van der Waals surface area (Å²) >= 11 is 0. The van der Waals surface area contributed by atoms with Gasteiger partial charge in [0.2, 0.25) is 0 Å². The van der Waals surface area contributed by atoms with Crippen LogP contribution in [0.5, 0.6) is 0 Å². The molecule has 106 valence electrons. The van der Waals surface area contributed by atoms with Gasteiger partial charge >= 0.3 is 0 Å². The maximum absolute atomic E-state index is 13.8. The van der Waals surface area contributed by atoms with Crippen molar-refractivity contribution in [2.24, 2.45) is 7.05 Å². The molecule has 5 nitrogen and oxygen atoms in total. The molecule has 2 aromatic heterocycles. The number of aryl methyl sites for hydroxylation is 1. The fourth-order valence-corrected chi connectivity index (χ4v) is 2.76. The molecule has 21 heavy (non-hydrogen) atoms. The Morgan fingerprint density at radius 1 is 1.29 bits per heavy atom. The zero-order valence-electron chi connectivity index (χ0n) is 11.5. The van der Waals surface area contributed by atoms with Crippen molar-refractivity contribution in [1.29, 1.82) is 0 Å². The van der Waals surface area contributed by atoms with Crippen molar-refractivity contribution in [2.75, 3.05) is 5.32 Å². The molecule has 6 heteroatoms. The molecule has 0 spiro atoms. The molecule has 0 radical (unpaired) electrons. The highest BCUT2D eigenvalue weighted by Crippen LogP contribution is 2.44. The SMILES string of the molecule is Cn1ncc2ncnc(N[C@@H]3C[C@H]3c3ccccc3F)c21. The smallest absolute Gasteiger partial charge is 0.155 e. The first kappa shape index (κ1) is 12.3. The standard InChI is InChI=1S/C15H14FN5/c1-21-14-13(7-19-21)17-8-18-15(14)20-12-6-10(12)9-4-2-3-5-11(9)16/h2-5,7-8,10,12H,6H2,1H3,(H,17,18,20)/t10-,12+/m0/s1. The minimum atomic E-state index is -0.139. The molecule has 2 atom stereocenters.